The largest absolute Gasteiger partial charge is 0.488 e. The number of hydrogen-bond acceptors (Lipinski definition) is 5. The van der Waals surface area contributed by atoms with Gasteiger partial charge in [0.05, 0.1) is 19.3 Å². The number of aliphatic hydroxyl groups excluding tert-OH is 3. The molecule has 3 N–H and O–H groups in total. The van der Waals surface area contributed by atoms with Gasteiger partial charge in [-0.05, 0) is 83.1 Å². The van der Waals surface area contributed by atoms with Gasteiger partial charge in [0.15, 0.2) is 0 Å². The average molecular weight is 427 g/mol. The SMILES string of the molecule is CCC(O)CCc1ccc(-c2csc(COc3ccc(CO)c(CO)c3)c2)c(C)c1. The third-order valence-electron chi connectivity index (χ3n) is 5.39. The normalized spacial score (nSPS) is 12.2. The van der Waals surface area contributed by atoms with Crippen molar-refractivity contribution in [2.75, 3.05) is 0 Å². The van der Waals surface area contributed by atoms with Gasteiger partial charge in [-0.15, -0.1) is 11.3 Å². The fourth-order valence-corrected chi connectivity index (χ4v) is 4.28. The number of thiophene rings is 1. The Balaban J connectivity index is 1.65. The quantitative estimate of drug-likeness (QED) is 0.427. The molecule has 3 rings (SSSR count). The molecule has 0 fully saturated rings. The van der Waals surface area contributed by atoms with E-state index in [1.165, 1.54) is 22.3 Å². The van der Waals surface area contributed by atoms with Crippen LogP contribution in [0.2, 0.25) is 0 Å². The summed E-state index contributed by atoms with van der Waals surface area (Å²) < 4.78 is 5.89. The molecule has 2 aromatic carbocycles. The van der Waals surface area contributed by atoms with Gasteiger partial charge >= 0.3 is 0 Å². The van der Waals surface area contributed by atoms with Crippen molar-refractivity contribution in [3.8, 4) is 16.9 Å². The van der Waals surface area contributed by atoms with Gasteiger partial charge in [-0.1, -0.05) is 31.2 Å². The third kappa shape index (κ3) is 5.70. The maximum Gasteiger partial charge on any atom is 0.122 e. The molecule has 1 atom stereocenters. The molecular weight excluding hydrogens is 396 g/mol. The second-order valence-electron chi connectivity index (χ2n) is 7.59. The Bertz CT molecular complexity index is 964. The number of ether oxygens (including phenoxy) is 1. The fourth-order valence-electron chi connectivity index (χ4n) is 3.49. The van der Waals surface area contributed by atoms with E-state index >= 15 is 0 Å². The Morgan fingerprint density at radius 2 is 1.80 bits per heavy atom. The molecule has 4 nitrogen and oxygen atoms in total. The van der Waals surface area contributed by atoms with Crippen molar-refractivity contribution in [2.24, 2.45) is 0 Å². The van der Waals surface area contributed by atoms with E-state index < -0.39 is 0 Å². The van der Waals surface area contributed by atoms with Crippen molar-refractivity contribution in [3.05, 3.63) is 75.0 Å². The molecule has 0 amide bonds. The van der Waals surface area contributed by atoms with Crippen LogP contribution in [-0.2, 0) is 26.2 Å². The predicted molar refractivity (Wildman–Crippen MR) is 122 cm³/mol. The molecular formula is C25H30O4S. The lowest BCUT2D eigenvalue weighted by Gasteiger charge is -2.10. The highest BCUT2D eigenvalue weighted by molar-refractivity contribution is 7.10. The van der Waals surface area contributed by atoms with E-state index in [4.69, 9.17) is 4.74 Å². The van der Waals surface area contributed by atoms with Crippen LogP contribution < -0.4 is 4.74 Å². The first-order valence-corrected chi connectivity index (χ1v) is 11.2. The Morgan fingerprint density at radius 3 is 2.50 bits per heavy atom. The first-order valence-electron chi connectivity index (χ1n) is 10.4. The minimum atomic E-state index is -0.224. The van der Waals surface area contributed by atoms with Gasteiger partial charge < -0.3 is 20.1 Å². The lowest BCUT2D eigenvalue weighted by molar-refractivity contribution is 0.160. The van der Waals surface area contributed by atoms with E-state index in [-0.39, 0.29) is 19.3 Å². The maximum atomic E-state index is 9.78. The first-order chi connectivity index (χ1) is 14.5. The zero-order valence-electron chi connectivity index (χ0n) is 17.6. The van der Waals surface area contributed by atoms with Crippen LogP contribution in [0.5, 0.6) is 5.75 Å². The summed E-state index contributed by atoms with van der Waals surface area (Å²) >= 11 is 1.66. The Morgan fingerprint density at radius 1 is 1.00 bits per heavy atom. The van der Waals surface area contributed by atoms with Crippen molar-refractivity contribution < 1.29 is 20.1 Å². The van der Waals surface area contributed by atoms with E-state index in [0.29, 0.717) is 23.5 Å². The summed E-state index contributed by atoms with van der Waals surface area (Å²) in [6, 6.07) is 14.1. The average Bonchev–Trinajstić information content (AvgIpc) is 3.24. The molecule has 0 aliphatic heterocycles. The number of aryl methyl sites for hydroxylation is 2. The minimum Gasteiger partial charge on any atom is -0.488 e. The summed E-state index contributed by atoms with van der Waals surface area (Å²) in [6.45, 7) is 4.37. The van der Waals surface area contributed by atoms with Crippen LogP contribution in [0.3, 0.4) is 0 Å². The van der Waals surface area contributed by atoms with Gasteiger partial charge in [-0.25, -0.2) is 0 Å². The summed E-state index contributed by atoms with van der Waals surface area (Å²) in [5.74, 6) is 0.681. The van der Waals surface area contributed by atoms with E-state index in [1.807, 2.05) is 13.0 Å². The number of aliphatic hydroxyl groups is 3. The second kappa shape index (κ2) is 10.7. The molecule has 3 aromatic rings. The highest BCUT2D eigenvalue weighted by atomic mass is 32.1. The van der Waals surface area contributed by atoms with Gasteiger partial charge in [0.2, 0.25) is 0 Å². The zero-order valence-corrected chi connectivity index (χ0v) is 18.4. The molecule has 1 unspecified atom stereocenters. The standard InChI is InChI=1S/C25H30O4S/c1-3-22(28)7-4-18-5-9-25(17(2)10-18)21-12-24(30-16-21)15-29-23-8-6-19(13-26)20(11-23)14-27/h5-6,8-12,16,22,26-28H,3-4,7,13-15H2,1-2H3. The van der Waals surface area contributed by atoms with E-state index in [2.05, 4.69) is 36.6 Å². The van der Waals surface area contributed by atoms with Crippen molar-refractivity contribution in [2.45, 2.75) is 59.0 Å². The molecule has 0 radical (unpaired) electrons. The van der Waals surface area contributed by atoms with E-state index in [9.17, 15) is 15.3 Å². The second-order valence-corrected chi connectivity index (χ2v) is 8.58. The van der Waals surface area contributed by atoms with Gasteiger partial charge in [-0.2, -0.15) is 0 Å². The minimum absolute atomic E-state index is 0.0955. The van der Waals surface area contributed by atoms with E-state index in [1.54, 1.807) is 23.5 Å². The molecule has 0 bridgehead atoms. The highest BCUT2D eigenvalue weighted by Gasteiger charge is 2.09. The van der Waals surface area contributed by atoms with Gasteiger partial charge in [0.1, 0.15) is 12.4 Å². The Kier molecular flexibility index (Phi) is 8.05. The molecule has 30 heavy (non-hydrogen) atoms. The van der Waals surface area contributed by atoms with Crippen LogP contribution in [0.1, 0.15) is 46.9 Å². The molecule has 1 heterocycles. The predicted octanol–water partition coefficient (Wildman–Crippen LogP) is 4.99. The van der Waals surface area contributed by atoms with Crippen molar-refractivity contribution in [1.82, 2.24) is 0 Å². The zero-order chi connectivity index (χ0) is 21.5. The molecule has 1 aromatic heterocycles. The monoisotopic (exact) mass is 426 g/mol. The molecule has 160 valence electrons. The highest BCUT2D eigenvalue weighted by Crippen LogP contribution is 2.30. The number of rotatable bonds is 10. The Labute approximate surface area is 182 Å². The third-order valence-corrected chi connectivity index (χ3v) is 6.30. The molecule has 0 spiro atoms. The summed E-state index contributed by atoms with van der Waals surface area (Å²) in [5.41, 5.74) is 6.29. The molecule has 0 saturated heterocycles. The molecule has 0 saturated carbocycles. The van der Waals surface area contributed by atoms with Crippen molar-refractivity contribution in [1.29, 1.82) is 0 Å². The van der Waals surface area contributed by atoms with Crippen LogP contribution in [0, 0.1) is 6.92 Å². The lowest BCUT2D eigenvalue weighted by Crippen LogP contribution is -2.05. The number of hydrogen-bond donors (Lipinski definition) is 3. The fraction of sp³-hybridized carbons (Fsp3) is 0.360. The van der Waals surface area contributed by atoms with Crippen LogP contribution in [0.4, 0.5) is 0 Å². The smallest absolute Gasteiger partial charge is 0.122 e. The van der Waals surface area contributed by atoms with Crippen LogP contribution in [0.25, 0.3) is 11.1 Å². The van der Waals surface area contributed by atoms with Crippen LogP contribution in [0.15, 0.2) is 47.8 Å². The lowest BCUT2D eigenvalue weighted by atomic mass is 9.97. The maximum absolute atomic E-state index is 9.78. The van der Waals surface area contributed by atoms with Gasteiger partial charge in [0.25, 0.3) is 0 Å². The van der Waals surface area contributed by atoms with Gasteiger partial charge in [0, 0.05) is 4.88 Å². The topological polar surface area (TPSA) is 69.9 Å². The molecule has 0 aliphatic rings. The molecule has 5 heteroatoms. The summed E-state index contributed by atoms with van der Waals surface area (Å²) in [4.78, 5) is 1.12. The van der Waals surface area contributed by atoms with Crippen molar-refractivity contribution >= 4 is 11.3 Å². The van der Waals surface area contributed by atoms with Crippen LogP contribution >= 0.6 is 11.3 Å². The summed E-state index contributed by atoms with van der Waals surface area (Å²) in [7, 11) is 0. The molecule has 0 aliphatic carbocycles. The van der Waals surface area contributed by atoms with Crippen molar-refractivity contribution in [3.63, 3.8) is 0 Å². The Hall–Kier alpha value is -2.18. The van der Waals surface area contributed by atoms with E-state index in [0.717, 1.165) is 24.1 Å². The summed E-state index contributed by atoms with van der Waals surface area (Å²) in [6.07, 6.45) is 2.26. The first kappa shape index (κ1) is 22.5. The number of benzene rings is 2. The van der Waals surface area contributed by atoms with Gasteiger partial charge in [-0.3, -0.25) is 0 Å². The summed E-state index contributed by atoms with van der Waals surface area (Å²) in [5, 5.41) is 30.7. The van der Waals surface area contributed by atoms with Crippen LogP contribution in [-0.4, -0.2) is 21.4 Å².